The summed E-state index contributed by atoms with van der Waals surface area (Å²) >= 11 is 0. The van der Waals surface area contributed by atoms with Crippen LogP contribution in [0.5, 0.6) is 0 Å². The summed E-state index contributed by atoms with van der Waals surface area (Å²) in [5.74, 6) is -4.25. The molecule has 4 aromatic carbocycles. The fraction of sp³-hybridized carbons (Fsp3) is 0. The maximum atomic E-state index is 11.8. The van der Waals surface area contributed by atoms with Gasteiger partial charge in [-0.15, -0.1) is 0 Å². The van der Waals surface area contributed by atoms with Gasteiger partial charge in [0.25, 0.3) is 0 Å². The minimum atomic E-state index is -1.07. The largest absolute Gasteiger partial charge is 2.00 e. The molecule has 3 aromatic heterocycles. The van der Waals surface area contributed by atoms with Gasteiger partial charge in [0.15, 0.2) is 0 Å². The van der Waals surface area contributed by atoms with E-state index < -0.39 is 23.9 Å². The number of hydrogen-bond donors (Lipinski definition) is 6. The Bertz CT molecular complexity index is 3030. The molecule has 298 valence electrons. The molecule has 61 heavy (non-hydrogen) atoms. The first-order valence-electron chi connectivity index (χ1n) is 18.5. The fourth-order valence-electron chi connectivity index (χ4n) is 7.54. The molecule has 9 rings (SSSR count). The molecule has 0 amide bonds. The van der Waals surface area contributed by atoms with Gasteiger partial charge >= 0.3 is 44.9 Å². The van der Waals surface area contributed by atoms with Crippen LogP contribution < -0.4 is 0 Å². The van der Waals surface area contributed by atoms with Gasteiger partial charge in [-0.25, -0.2) is 29.1 Å². The van der Waals surface area contributed by atoms with Crippen molar-refractivity contribution in [2.75, 3.05) is 0 Å². The Balaban J connectivity index is 0.00000514. The number of nitrogens with one attached hydrogen (secondary N) is 2. The number of carbonyl (C=O) groups is 4. The van der Waals surface area contributed by atoms with E-state index >= 15 is 0 Å². The molecule has 5 heterocycles. The normalized spacial score (nSPS) is 11.5. The fourth-order valence-corrected chi connectivity index (χ4v) is 7.54. The molecule has 7 aromatic rings. The first kappa shape index (κ1) is 39.9. The monoisotopic (exact) mass is 985 g/mol. The summed E-state index contributed by atoms with van der Waals surface area (Å²) < 4.78 is 0. The number of benzene rings is 4. The van der Waals surface area contributed by atoms with E-state index in [4.69, 9.17) is 9.97 Å². The first-order chi connectivity index (χ1) is 29.0. The van der Waals surface area contributed by atoms with Crippen LogP contribution in [0.25, 0.3) is 90.9 Å². The van der Waals surface area contributed by atoms with Crippen LogP contribution in [0.15, 0.2) is 121 Å². The van der Waals surface area contributed by atoms with Gasteiger partial charge in [0, 0.05) is 44.3 Å². The van der Waals surface area contributed by atoms with Gasteiger partial charge in [-0.1, -0.05) is 48.5 Å². The van der Waals surface area contributed by atoms with Gasteiger partial charge in [-0.05, 0) is 119 Å². The van der Waals surface area contributed by atoms with E-state index in [0.29, 0.717) is 89.4 Å². The van der Waals surface area contributed by atoms with Crippen LogP contribution in [0.2, 0.25) is 0 Å². The third kappa shape index (κ3) is 7.48. The van der Waals surface area contributed by atoms with Crippen molar-refractivity contribution >= 4 is 70.2 Å². The number of carboxylic acid groups (broad SMARTS) is 4. The third-order valence-corrected chi connectivity index (χ3v) is 10.4. The van der Waals surface area contributed by atoms with E-state index in [1.165, 1.54) is 48.5 Å². The number of carboxylic acids is 4. The van der Waals surface area contributed by atoms with Crippen LogP contribution in [0.1, 0.15) is 64.2 Å². The van der Waals surface area contributed by atoms with Crippen LogP contribution in [-0.4, -0.2) is 64.2 Å². The maximum Gasteiger partial charge on any atom is 2.00 e. The molecule has 0 radical (unpaired) electrons. The predicted molar refractivity (Wildman–Crippen MR) is 228 cm³/mol. The number of fused-ring (bicyclic) bond motifs is 8. The van der Waals surface area contributed by atoms with Crippen molar-refractivity contribution in [3.63, 3.8) is 0 Å². The molecule has 0 saturated heterocycles. The molecule has 6 N–H and O–H groups in total. The maximum absolute atomic E-state index is 11.8. The molecule has 0 unspecified atom stereocenters. The molecule has 2 aliphatic rings. The Morgan fingerprint density at radius 1 is 0.328 bits per heavy atom. The molecule has 0 saturated carbocycles. The van der Waals surface area contributed by atoms with Crippen molar-refractivity contribution < 1.29 is 60.7 Å². The zero-order valence-corrected chi connectivity index (χ0v) is 33.8. The van der Waals surface area contributed by atoms with E-state index in [9.17, 15) is 39.6 Å². The molecule has 0 aliphatic carbocycles. The standard InChI is InChI=1S/C48H30N4O8.Pt/c53-45(54)29-9-1-25(2-10-29)41-33-17-19-35(49-33)42(26-3-11-30(12-4-26)46(55)56)37-21-23-39(51-37)44(28-7-15-32(16-8-28)48(59)60)40-24-22-38(52-40)43(36-20-18-34(41)50-36)27-5-13-31(14-6-27)47(57)58;/h1-24,49-50H,(H,53,54)(H,55,56)(H,57,58)(H,59,60);/q;+2. The summed E-state index contributed by atoms with van der Waals surface area (Å²) in [6, 6.07) is 33.6. The zero-order valence-electron chi connectivity index (χ0n) is 31.5. The average molecular weight is 986 g/mol. The van der Waals surface area contributed by atoms with E-state index in [-0.39, 0.29) is 43.3 Å². The van der Waals surface area contributed by atoms with E-state index in [1.54, 1.807) is 48.5 Å². The number of aromatic amines is 2. The summed E-state index contributed by atoms with van der Waals surface area (Å²) in [5.41, 5.74) is 10.7. The molecule has 0 fully saturated rings. The Kier molecular flexibility index (Phi) is 10.5. The number of hydrogen-bond acceptors (Lipinski definition) is 6. The second-order valence-corrected chi connectivity index (χ2v) is 14.0. The summed E-state index contributed by atoms with van der Waals surface area (Å²) in [6.07, 6.45) is 7.42. The van der Waals surface area contributed by atoms with Crippen molar-refractivity contribution in [3.05, 3.63) is 166 Å². The van der Waals surface area contributed by atoms with Gasteiger partial charge in [0.05, 0.1) is 45.0 Å². The van der Waals surface area contributed by atoms with Crippen LogP contribution in [-0.2, 0) is 21.1 Å². The molecule has 8 bridgehead atoms. The second kappa shape index (κ2) is 16.0. The minimum absolute atomic E-state index is 0. The molecular weight excluding hydrogens is 956 g/mol. The van der Waals surface area contributed by atoms with Crippen LogP contribution in [0.3, 0.4) is 0 Å². The van der Waals surface area contributed by atoms with Gasteiger partial charge in [0.2, 0.25) is 0 Å². The summed E-state index contributed by atoms with van der Waals surface area (Å²) in [7, 11) is 0. The van der Waals surface area contributed by atoms with Crippen molar-refractivity contribution in [2.45, 2.75) is 0 Å². The number of nitrogens with zero attached hydrogens (tertiary/aromatic N) is 2. The van der Waals surface area contributed by atoms with Crippen LogP contribution in [0.4, 0.5) is 0 Å². The zero-order chi connectivity index (χ0) is 41.7. The molecule has 13 heteroatoms. The van der Waals surface area contributed by atoms with Crippen molar-refractivity contribution in [2.24, 2.45) is 0 Å². The topological polar surface area (TPSA) is 207 Å². The smallest absolute Gasteiger partial charge is 0.478 e. The quantitative estimate of drug-likeness (QED) is 0.0849. The van der Waals surface area contributed by atoms with Gasteiger partial charge in [0.1, 0.15) is 0 Å². The second-order valence-electron chi connectivity index (χ2n) is 14.0. The van der Waals surface area contributed by atoms with E-state index in [0.717, 1.165) is 0 Å². The average Bonchev–Trinajstić information content (AvgIpc) is 4.10. The Morgan fingerprint density at radius 3 is 0.836 bits per heavy atom. The van der Waals surface area contributed by atoms with Gasteiger partial charge in [-0.3, -0.25) is 0 Å². The summed E-state index contributed by atoms with van der Waals surface area (Å²) in [6.45, 7) is 0. The Labute approximate surface area is 360 Å². The number of aromatic nitrogens is 4. The third-order valence-electron chi connectivity index (χ3n) is 10.4. The Hall–Kier alpha value is -7.95. The number of rotatable bonds is 8. The van der Waals surface area contributed by atoms with Crippen LogP contribution >= 0.6 is 0 Å². The van der Waals surface area contributed by atoms with Gasteiger partial charge in [-0.2, -0.15) is 0 Å². The molecule has 0 spiro atoms. The number of H-pyrrole nitrogens is 2. The first-order valence-corrected chi connectivity index (χ1v) is 18.5. The molecule has 0 atom stereocenters. The van der Waals surface area contributed by atoms with Crippen molar-refractivity contribution in [1.82, 2.24) is 19.9 Å². The predicted octanol–water partition coefficient (Wildman–Crippen LogP) is 10.1. The van der Waals surface area contributed by atoms with Crippen molar-refractivity contribution in [3.8, 4) is 44.5 Å². The molecular formula is C48H30N4O8Pt+2. The SMILES string of the molecule is O=C(O)c1ccc(-c2c3nc(c(-c4ccc(C(=O)O)cc4)c4ccc([nH]4)c(-c4ccc(C(=O)O)cc4)c4ccc([nH]4)c(-c4ccc(C(=O)O)cc4)c4nc2C=C4)C=C3)cc1.[Pt+2]. The minimum Gasteiger partial charge on any atom is -0.478 e. The Morgan fingerprint density at radius 2 is 0.557 bits per heavy atom. The molecule has 2 aliphatic heterocycles. The van der Waals surface area contributed by atoms with Gasteiger partial charge < -0.3 is 30.4 Å². The van der Waals surface area contributed by atoms with E-state index in [2.05, 4.69) is 9.97 Å². The summed E-state index contributed by atoms with van der Waals surface area (Å²) in [4.78, 5) is 64.8. The van der Waals surface area contributed by atoms with Crippen molar-refractivity contribution in [1.29, 1.82) is 0 Å². The summed E-state index contributed by atoms with van der Waals surface area (Å²) in [5, 5.41) is 38.7. The number of aromatic carboxylic acids is 4. The van der Waals surface area contributed by atoms with Crippen LogP contribution in [0, 0.1) is 0 Å². The van der Waals surface area contributed by atoms with E-state index in [1.807, 2.05) is 48.6 Å². The molecule has 12 nitrogen and oxygen atoms in total.